The van der Waals surface area contributed by atoms with E-state index in [-0.39, 0.29) is 12.2 Å². The molecule has 4 nitrogen and oxygen atoms in total. The maximum Gasteiger partial charge on any atom is 0.241 e. The molecule has 1 saturated heterocycles. The summed E-state index contributed by atoms with van der Waals surface area (Å²) in [5.74, 6) is 0.786. The van der Waals surface area contributed by atoms with Crippen molar-refractivity contribution in [3.63, 3.8) is 0 Å². The fourth-order valence-corrected chi connectivity index (χ4v) is 3.28. The maximum atomic E-state index is 12.5. The van der Waals surface area contributed by atoms with Crippen LogP contribution in [0.2, 0.25) is 0 Å². The molecule has 2 fully saturated rings. The highest BCUT2D eigenvalue weighted by molar-refractivity contribution is 5.84. The highest BCUT2D eigenvalue weighted by atomic mass is 16.2. The number of rotatable bonds is 8. The Morgan fingerprint density at radius 2 is 2.05 bits per heavy atom. The summed E-state index contributed by atoms with van der Waals surface area (Å²) in [6, 6.07) is 0.831. The molecule has 2 rings (SSSR count). The van der Waals surface area contributed by atoms with Gasteiger partial charge >= 0.3 is 0 Å². The Morgan fingerprint density at radius 3 is 2.55 bits per heavy atom. The Labute approximate surface area is 123 Å². The predicted octanol–water partition coefficient (Wildman–Crippen LogP) is 2.05. The Hall–Kier alpha value is -0.610. The zero-order valence-corrected chi connectivity index (χ0v) is 13.6. The topological polar surface area (TPSA) is 35.6 Å². The summed E-state index contributed by atoms with van der Waals surface area (Å²) in [6.07, 6.45) is 4.92. The van der Waals surface area contributed by atoms with E-state index in [1.54, 1.807) is 0 Å². The minimum Gasteiger partial charge on any atom is -0.324 e. The van der Waals surface area contributed by atoms with Crippen molar-refractivity contribution in [2.75, 3.05) is 19.6 Å². The van der Waals surface area contributed by atoms with Crippen molar-refractivity contribution in [1.82, 2.24) is 15.1 Å². The molecule has 0 radical (unpaired) electrons. The van der Waals surface area contributed by atoms with Crippen LogP contribution in [0.15, 0.2) is 0 Å². The van der Waals surface area contributed by atoms with Crippen molar-refractivity contribution >= 4 is 5.91 Å². The smallest absolute Gasteiger partial charge is 0.241 e. The van der Waals surface area contributed by atoms with Gasteiger partial charge in [-0.1, -0.05) is 34.1 Å². The van der Waals surface area contributed by atoms with E-state index in [0.29, 0.717) is 11.8 Å². The van der Waals surface area contributed by atoms with Gasteiger partial charge in [0, 0.05) is 19.1 Å². The lowest BCUT2D eigenvalue weighted by molar-refractivity contribution is -0.130. The molecule has 0 spiro atoms. The van der Waals surface area contributed by atoms with E-state index in [1.165, 1.54) is 12.8 Å². The van der Waals surface area contributed by atoms with Crippen LogP contribution in [-0.4, -0.2) is 53.6 Å². The maximum absolute atomic E-state index is 12.5. The lowest BCUT2D eigenvalue weighted by atomic mass is 10.1. The molecule has 0 aromatic rings. The second kappa shape index (κ2) is 6.90. The Bertz CT molecular complexity index is 328. The number of nitrogens with zero attached hydrogens (tertiary/aromatic N) is 2. The summed E-state index contributed by atoms with van der Waals surface area (Å²) in [6.45, 7) is 11.8. The van der Waals surface area contributed by atoms with Gasteiger partial charge < -0.3 is 4.90 Å². The molecule has 1 aliphatic heterocycles. The van der Waals surface area contributed by atoms with Gasteiger partial charge in [-0.25, -0.2) is 0 Å². The van der Waals surface area contributed by atoms with Crippen LogP contribution in [0, 0.1) is 5.92 Å². The van der Waals surface area contributed by atoms with E-state index < -0.39 is 0 Å². The predicted molar refractivity (Wildman–Crippen MR) is 82.4 cm³/mol. The normalized spacial score (nSPS) is 27.1. The van der Waals surface area contributed by atoms with Crippen LogP contribution < -0.4 is 5.32 Å². The number of carbonyl (C=O) groups excluding carboxylic acids is 1. The number of likely N-dealkylation sites (N-methyl/N-ethyl adjacent to an activating group) is 1. The Kier molecular flexibility index (Phi) is 5.44. The molecule has 2 unspecified atom stereocenters. The van der Waals surface area contributed by atoms with E-state index in [2.05, 4.69) is 42.8 Å². The molecular weight excluding hydrogens is 250 g/mol. The first kappa shape index (κ1) is 15.8. The lowest BCUT2D eigenvalue weighted by Crippen LogP contribution is -2.45. The van der Waals surface area contributed by atoms with Crippen LogP contribution in [0.3, 0.4) is 0 Å². The number of hydrogen-bond donors (Lipinski definition) is 1. The van der Waals surface area contributed by atoms with Gasteiger partial charge in [-0.2, -0.15) is 0 Å². The first-order chi connectivity index (χ1) is 9.58. The van der Waals surface area contributed by atoms with Gasteiger partial charge in [0.05, 0.1) is 12.2 Å². The molecule has 1 N–H and O–H groups in total. The van der Waals surface area contributed by atoms with Gasteiger partial charge in [0.2, 0.25) is 5.91 Å². The van der Waals surface area contributed by atoms with Crippen LogP contribution >= 0.6 is 0 Å². The van der Waals surface area contributed by atoms with Crippen LogP contribution in [0.5, 0.6) is 0 Å². The number of hydrogen-bond acceptors (Lipinski definition) is 3. The van der Waals surface area contributed by atoms with E-state index >= 15 is 0 Å². The molecule has 1 aliphatic carbocycles. The van der Waals surface area contributed by atoms with Gasteiger partial charge in [-0.15, -0.1) is 0 Å². The number of nitrogens with one attached hydrogen (secondary N) is 1. The SMILES string of the molecule is CCCC1NC(C(C)C)N(CCN(CC)C2CC2)C1=O. The van der Waals surface area contributed by atoms with Crippen molar-refractivity contribution in [2.45, 2.75) is 71.6 Å². The van der Waals surface area contributed by atoms with Gasteiger partial charge in [0.1, 0.15) is 0 Å². The highest BCUT2D eigenvalue weighted by Gasteiger charge is 2.39. The summed E-state index contributed by atoms with van der Waals surface area (Å²) in [7, 11) is 0. The fourth-order valence-electron chi connectivity index (χ4n) is 3.28. The molecule has 2 atom stereocenters. The molecule has 1 heterocycles. The van der Waals surface area contributed by atoms with Crippen molar-refractivity contribution < 1.29 is 4.79 Å². The molecule has 0 aromatic heterocycles. The minimum atomic E-state index is 0.0448. The average Bonchev–Trinajstić information content (AvgIpc) is 3.19. The number of carbonyl (C=O) groups is 1. The molecule has 0 aromatic carbocycles. The van der Waals surface area contributed by atoms with Crippen molar-refractivity contribution in [3.8, 4) is 0 Å². The molecule has 2 aliphatic rings. The standard InChI is InChI=1S/C16H31N3O/c1-5-7-14-16(20)19(15(17-14)12(3)4)11-10-18(6-2)13-8-9-13/h12-15,17H,5-11H2,1-4H3. The monoisotopic (exact) mass is 281 g/mol. The molecule has 1 saturated carbocycles. The summed E-state index contributed by atoms with van der Waals surface area (Å²) >= 11 is 0. The lowest BCUT2D eigenvalue weighted by Gasteiger charge is -2.30. The molecular formula is C16H31N3O. The van der Waals surface area contributed by atoms with E-state index in [9.17, 15) is 4.79 Å². The van der Waals surface area contributed by atoms with Crippen molar-refractivity contribution in [1.29, 1.82) is 0 Å². The quantitative estimate of drug-likeness (QED) is 0.739. The first-order valence-corrected chi connectivity index (χ1v) is 8.39. The number of amides is 1. The van der Waals surface area contributed by atoms with Gasteiger partial charge in [-0.05, 0) is 31.7 Å². The van der Waals surface area contributed by atoms with E-state index in [4.69, 9.17) is 0 Å². The largest absolute Gasteiger partial charge is 0.324 e. The Balaban J connectivity index is 1.93. The molecule has 1 amide bonds. The zero-order chi connectivity index (χ0) is 14.7. The highest BCUT2D eigenvalue weighted by Crippen LogP contribution is 2.27. The third kappa shape index (κ3) is 3.53. The average molecular weight is 281 g/mol. The molecule has 116 valence electrons. The molecule has 4 heteroatoms. The summed E-state index contributed by atoms with van der Waals surface area (Å²) in [5, 5.41) is 3.54. The zero-order valence-electron chi connectivity index (χ0n) is 13.6. The minimum absolute atomic E-state index is 0.0448. The molecule has 0 bridgehead atoms. The third-order valence-corrected chi connectivity index (χ3v) is 4.60. The van der Waals surface area contributed by atoms with Crippen LogP contribution in [0.25, 0.3) is 0 Å². The van der Waals surface area contributed by atoms with Gasteiger partial charge in [0.15, 0.2) is 0 Å². The Morgan fingerprint density at radius 1 is 1.35 bits per heavy atom. The molecule has 20 heavy (non-hydrogen) atoms. The van der Waals surface area contributed by atoms with Crippen molar-refractivity contribution in [2.24, 2.45) is 5.92 Å². The summed E-state index contributed by atoms with van der Waals surface area (Å²) in [4.78, 5) is 17.2. The van der Waals surface area contributed by atoms with Crippen LogP contribution in [-0.2, 0) is 4.79 Å². The van der Waals surface area contributed by atoms with Crippen molar-refractivity contribution in [3.05, 3.63) is 0 Å². The summed E-state index contributed by atoms with van der Waals surface area (Å²) < 4.78 is 0. The first-order valence-electron chi connectivity index (χ1n) is 8.39. The third-order valence-electron chi connectivity index (χ3n) is 4.60. The summed E-state index contributed by atoms with van der Waals surface area (Å²) in [5.41, 5.74) is 0. The fraction of sp³-hybridized carbons (Fsp3) is 0.938. The van der Waals surface area contributed by atoms with Crippen LogP contribution in [0.1, 0.15) is 53.4 Å². The second-order valence-electron chi connectivity index (χ2n) is 6.59. The second-order valence-corrected chi connectivity index (χ2v) is 6.59. The van der Waals surface area contributed by atoms with Gasteiger partial charge in [-0.3, -0.25) is 15.0 Å². The van der Waals surface area contributed by atoms with Crippen LogP contribution in [0.4, 0.5) is 0 Å². The van der Waals surface area contributed by atoms with Gasteiger partial charge in [0.25, 0.3) is 0 Å². The van der Waals surface area contributed by atoms with E-state index in [1.807, 2.05) is 0 Å². The van der Waals surface area contributed by atoms with E-state index in [0.717, 1.165) is 38.5 Å².